The fourth-order valence-corrected chi connectivity index (χ4v) is 2.06. The number of rotatable bonds is 5. The van der Waals surface area contributed by atoms with Gasteiger partial charge in [-0.15, -0.1) is 0 Å². The Morgan fingerprint density at radius 2 is 1.86 bits per heavy atom. The topological polar surface area (TPSA) is 45.2 Å². The van der Waals surface area contributed by atoms with Crippen LogP contribution in [-0.4, -0.2) is 24.0 Å². The van der Waals surface area contributed by atoms with Crippen LogP contribution in [0.5, 0.6) is 0 Å². The van der Waals surface area contributed by atoms with Crippen molar-refractivity contribution in [2.24, 2.45) is 0 Å². The highest BCUT2D eigenvalue weighted by molar-refractivity contribution is 6.03. The normalized spacial score (nSPS) is 10.2. The van der Waals surface area contributed by atoms with Crippen LogP contribution in [-0.2, 0) is 0 Å². The Labute approximate surface area is 123 Å². The molecular weight excluding hydrogens is 269 g/mol. The average molecular weight is 287 g/mol. The van der Waals surface area contributed by atoms with E-state index in [-0.39, 0.29) is 11.7 Å². The van der Waals surface area contributed by atoms with Crippen LogP contribution in [0.25, 0.3) is 0 Å². The number of hydrogen-bond acceptors (Lipinski definition) is 3. The highest BCUT2D eigenvalue weighted by Crippen LogP contribution is 2.15. The summed E-state index contributed by atoms with van der Waals surface area (Å²) in [6.07, 6.45) is 1.62. The summed E-state index contributed by atoms with van der Waals surface area (Å²) in [5, 5.41) is 2.70. The number of pyridine rings is 1. The Balaban J connectivity index is 2.15. The Morgan fingerprint density at radius 3 is 2.48 bits per heavy atom. The lowest BCUT2D eigenvalue weighted by molar-refractivity contribution is 0.102. The summed E-state index contributed by atoms with van der Waals surface area (Å²) in [7, 11) is 0. The molecule has 1 N–H and O–H groups in total. The number of amides is 1. The molecule has 0 saturated heterocycles. The molecule has 0 bridgehead atoms. The largest absolute Gasteiger partial charge is 0.372 e. The molecule has 0 unspecified atom stereocenters. The van der Waals surface area contributed by atoms with E-state index in [2.05, 4.69) is 29.0 Å². The number of benzene rings is 1. The van der Waals surface area contributed by atoms with Crippen molar-refractivity contribution in [3.8, 4) is 0 Å². The van der Waals surface area contributed by atoms with Crippen LogP contribution in [0.4, 0.5) is 15.8 Å². The van der Waals surface area contributed by atoms with Gasteiger partial charge in [-0.3, -0.25) is 9.78 Å². The standard InChI is InChI=1S/C16H18FN3O/c1-3-20(4-2)14-9-10-18-15(11-14)16(21)19-13-7-5-12(17)6-8-13/h5-11H,3-4H2,1-2H3,(H,19,21). The van der Waals surface area contributed by atoms with Gasteiger partial charge in [-0.2, -0.15) is 0 Å². The molecule has 0 aliphatic heterocycles. The molecule has 1 aromatic heterocycles. The summed E-state index contributed by atoms with van der Waals surface area (Å²) in [4.78, 5) is 18.4. The van der Waals surface area contributed by atoms with E-state index in [0.29, 0.717) is 11.4 Å². The second kappa shape index (κ2) is 6.83. The lowest BCUT2D eigenvalue weighted by Gasteiger charge is -2.21. The third-order valence-electron chi connectivity index (χ3n) is 3.21. The molecule has 0 aliphatic rings. The van der Waals surface area contributed by atoms with Crippen molar-refractivity contribution in [2.75, 3.05) is 23.3 Å². The van der Waals surface area contributed by atoms with Crippen molar-refractivity contribution < 1.29 is 9.18 Å². The molecule has 5 heteroatoms. The maximum atomic E-state index is 12.8. The third kappa shape index (κ3) is 3.78. The first-order valence-corrected chi connectivity index (χ1v) is 6.92. The van der Waals surface area contributed by atoms with Crippen molar-refractivity contribution in [2.45, 2.75) is 13.8 Å². The van der Waals surface area contributed by atoms with Crippen LogP contribution >= 0.6 is 0 Å². The first-order valence-electron chi connectivity index (χ1n) is 6.92. The van der Waals surface area contributed by atoms with Gasteiger partial charge in [-0.1, -0.05) is 0 Å². The van der Waals surface area contributed by atoms with Crippen molar-refractivity contribution >= 4 is 17.3 Å². The number of carbonyl (C=O) groups is 1. The van der Waals surface area contributed by atoms with Crippen molar-refractivity contribution in [1.82, 2.24) is 4.98 Å². The van der Waals surface area contributed by atoms with Crippen LogP contribution in [0.1, 0.15) is 24.3 Å². The van der Waals surface area contributed by atoms with Gasteiger partial charge in [0.25, 0.3) is 5.91 Å². The second-order valence-corrected chi connectivity index (χ2v) is 4.53. The minimum Gasteiger partial charge on any atom is -0.372 e. The Kier molecular flexibility index (Phi) is 4.87. The molecule has 21 heavy (non-hydrogen) atoms. The number of nitrogens with zero attached hydrogens (tertiary/aromatic N) is 2. The lowest BCUT2D eigenvalue weighted by atomic mass is 10.2. The van der Waals surface area contributed by atoms with E-state index < -0.39 is 0 Å². The minimum absolute atomic E-state index is 0.310. The van der Waals surface area contributed by atoms with Gasteiger partial charge in [0.15, 0.2) is 0 Å². The molecule has 110 valence electrons. The number of halogens is 1. The monoisotopic (exact) mass is 287 g/mol. The highest BCUT2D eigenvalue weighted by atomic mass is 19.1. The van der Waals surface area contributed by atoms with E-state index in [9.17, 15) is 9.18 Å². The molecule has 2 rings (SSSR count). The Hall–Kier alpha value is -2.43. The van der Waals surface area contributed by atoms with Gasteiger partial charge in [0.2, 0.25) is 0 Å². The molecule has 0 atom stereocenters. The van der Waals surface area contributed by atoms with Crippen LogP contribution in [0, 0.1) is 5.82 Å². The summed E-state index contributed by atoms with van der Waals surface area (Å²) in [5.74, 6) is -0.648. The maximum absolute atomic E-state index is 12.8. The molecular formula is C16H18FN3O. The van der Waals surface area contributed by atoms with Gasteiger partial charge in [0.05, 0.1) is 0 Å². The second-order valence-electron chi connectivity index (χ2n) is 4.53. The van der Waals surface area contributed by atoms with E-state index in [4.69, 9.17) is 0 Å². The highest BCUT2D eigenvalue weighted by Gasteiger charge is 2.10. The number of anilines is 2. The quantitative estimate of drug-likeness (QED) is 0.917. The predicted molar refractivity (Wildman–Crippen MR) is 82.2 cm³/mol. The van der Waals surface area contributed by atoms with Gasteiger partial charge in [-0.05, 0) is 50.2 Å². The van der Waals surface area contributed by atoms with Crippen LogP contribution in [0.2, 0.25) is 0 Å². The van der Waals surface area contributed by atoms with Crippen LogP contribution < -0.4 is 10.2 Å². The summed E-state index contributed by atoms with van der Waals surface area (Å²) in [5.41, 5.74) is 1.83. The van der Waals surface area contributed by atoms with E-state index in [1.165, 1.54) is 24.3 Å². The molecule has 0 saturated carbocycles. The summed E-state index contributed by atoms with van der Waals surface area (Å²) in [6.45, 7) is 5.84. The van der Waals surface area contributed by atoms with Gasteiger partial charge in [0.1, 0.15) is 11.5 Å². The zero-order valence-corrected chi connectivity index (χ0v) is 12.1. The van der Waals surface area contributed by atoms with E-state index in [0.717, 1.165) is 18.8 Å². The van der Waals surface area contributed by atoms with Gasteiger partial charge in [-0.25, -0.2) is 4.39 Å². The Morgan fingerprint density at radius 1 is 1.19 bits per heavy atom. The number of hydrogen-bond donors (Lipinski definition) is 1. The third-order valence-corrected chi connectivity index (χ3v) is 3.21. The molecule has 2 aromatic rings. The van der Waals surface area contributed by atoms with Gasteiger partial charge >= 0.3 is 0 Å². The first kappa shape index (κ1) is 15.0. The molecule has 4 nitrogen and oxygen atoms in total. The SMILES string of the molecule is CCN(CC)c1ccnc(C(=O)Nc2ccc(F)cc2)c1. The molecule has 1 amide bonds. The van der Waals surface area contributed by atoms with Crippen LogP contribution in [0.3, 0.4) is 0 Å². The summed E-state index contributed by atoms with van der Waals surface area (Å²) < 4.78 is 12.8. The molecule has 0 radical (unpaired) electrons. The average Bonchev–Trinajstić information content (AvgIpc) is 2.51. The van der Waals surface area contributed by atoms with Crippen LogP contribution in [0.15, 0.2) is 42.6 Å². The molecule has 0 fully saturated rings. The Bertz CT molecular complexity index is 609. The molecule has 1 heterocycles. The van der Waals surface area contributed by atoms with Crippen molar-refractivity contribution in [3.63, 3.8) is 0 Å². The zero-order valence-electron chi connectivity index (χ0n) is 12.1. The first-order chi connectivity index (χ1) is 10.1. The predicted octanol–water partition coefficient (Wildman–Crippen LogP) is 3.32. The molecule has 1 aromatic carbocycles. The van der Waals surface area contributed by atoms with E-state index in [1.807, 2.05) is 6.07 Å². The molecule has 0 spiro atoms. The van der Waals surface area contributed by atoms with E-state index in [1.54, 1.807) is 12.3 Å². The van der Waals surface area contributed by atoms with Crippen molar-refractivity contribution in [3.05, 3.63) is 54.1 Å². The fourth-order valence-electron chi connectivity index (χ4n) is 2.06. The number of aromatic nitrogens is 1. The number of nitrogens with one attached hydrogen (secondary N) is 1. The summed E-state index contributed by atoms with van der Waals surface area (Å²) in [6, 6.07) is 9.27. The zero-order chi connectivity index (χ0) is 15.2. The van der Waals surface area contributed by atoms with Crippen molar-refractivity contribution in [1.29, 1.82) is 0 Å². The fraction of sp³-hybridized carbons (Fsp3) is 0.250. The minimum atomic E-state index is -0.338. The summed E-state index contributed by atoms with van der Waals surface area (Å²) >= 11 is 0. The lowest BCUT2D eigenvalue weighted by Crippen LogP contribution is -2.22. The number of carbonyl (C=O) groups excluding carboxylic acids is 1. The smallest absolute Gasteiger partial charge is 0.274 e. The molecule has 0 aliphatic carbocycles. The van der Waals surface area contributed by atoms with Gasteiger partial charge in [0, 0.05) is 30.7 Å². The maximum Gasteiger partial charge on any atom is 0.274 e. The van der Waals surface area contributed by atoms with E-state index >= 15 is 0 Å². The van der Waals surface area contributed by atoms with Gasteiger partial charge < -0.3 is 10.2 Å².